The van der Waals surface area contributed by atoms with Crippen LogP contribution in [0.4, 0.5) is 0 Å². The number of likely N-dealkylation sites (tertiary alicyclic amines) is 1. The van der Waals surface area contributed by atoms with Gasteiger partial charge in [-0.1, -0.05) is 25.1 Å². The van der Waals surface area contributed by atoms with Gasteiger partial charge in [-0.15, -0.1) is 0 Å². The van der Waals surface area contributed by atoms with Gasteiger partial charge in [-0.25, -0.2) is 0 Å². The number of furan rings is 1. The van der Waals surface area contributed by atoms with Crippen molar-refractivity contribution in [2.24, 2.45) is 11.8 Å². The van der Waals surface area contributed by atoms with E-state index < -0.39 is 17.8 Å². The second kappa shape index (κ2) is 5.48. The van der Waals surface area contributed by atoms with E-state index in [0.717, 1.165) is 11.0 Å². The zero-order valence-corrected chi connectivity index (χ0v) is 12.7. The summed E-state index contributed by atoms with van der Waals surface area (Å²) in [7, 11) is 0. The molecule has 0 bridgehead atoms. The SMILES string of the molecule is CC(C(=O)N1C[C@@H](C)[C@H](C(=O)O)C1)c1cc2ccccc2o1. The average Bonchev–Trinajstić information content (AvgIpc) is 3.08. The van der Waals surface area contributed by atoms with Crippen LogP contribution in [0.15, 0.2) is 34.7 Å². The fourth-order valence-corrected chi connectivity index (χ4v) is 3.08. The van der Waals surface area contributed by atoms with Crippen molar-refractivity contribution in [3.8, 4) is 0 Å². The number of carboxylic acids is 1. The molecule has 0 saturated carbocycles. The Kier molecular flexibility index (Phi) is 3.64. The third-order valence-corrected chi connectivity index (χ3v) is 4.48. The van der Waals surface area contributed by atoms with Crippen LogP contribution in [0, 0.1) is 11.8 Å². The zero-order chi connectivity index (χ0) is 15.9. The van der Waals surface area contributed by atoms with Gasteiger partial charge in [-0.05, 0) is 25.0 Å². The zero-order valence-electron chi connectivity index (χ0n) is 12.7. The summed E-state index contributed by atoms with van der Waals surface area (Å²) in [5, 5.41) is 10.1. The van der Waals surface area contributed by atoms with Crippen LogP contribution in [0.5, 0.6) is 0 Å². The third kappa shape index (κ3) is 2.47. The highest BCUT2D eigenvalue weighted by atomic mass is 16.4. The van der Waals surface area contributed by atoms with Crippen LogP contribution in [-0.4, -0.2) is 35.0 Å². The normalized spacial score (nSPS) is 22.9. The van der Waals surface area contributed by atoms with E-state index in [1.807, 2.05) is 37.3 Å². The van der Waals surface area contributed by atoms with Crippen molar-refractivity contribution in [1.82, 2.24) is 4.90 Å². The Balaban J connectivity index is 1.78. The summed E-state index contributed by atoms with van der Waals surface area (Å²) >= 11 is 0. The van der Waals surface area contributed by atoms with Gasteiger partial charge in [0, 0.05) is 18.5 Å². The number of nitrogens with zero attached hydrogens (tertiary/aromatic N) is 1. The molecule has 1 aromatic carbocycles. The lowest BCUT2D eigenvalue weighted by molar-refractivity contribution is -0.142. The van der Waals surface area contributed by atoms with Gasteiger partial charge in [-0.2, -0.15) is 0 Å². The van der Waals surface area contributed by atoms with E-state index in [4.69, 9.17) is 4.42 Å². The van der Waals surface area contributed by atoms with Crippen LogP contribution in [0.25, 0.3) is 11.0 Å². The summed E-state index contributed by atoms with van der Waals surface area (Å²) in [6.07, 6.45) is 0. The van der Waals surface area contributed by atoms with Gasteiger partial charge in [-0.3, -0.25) is 9.59 Å². The van der Waals surface area contributed by atoms with Gasteiger partial charge < -0.3 is 14.4 Å². The van der Waals surface area contributed by atoms with Crippen molar-refractivity contribution in [3.05, 3.63) is 36.1 Å². The van der Waals surface area contributed by atoms with Crippen molar-refractivity contribution in [3.63, 3.8) is 0 Å². The fourth-order valence-electron chi connectivity index (χ4n) is 3.08. The van der Waals surface area contributed by atoms with Crippen molar-refractivity contribution in [2.75, 3.05) is 13.1 Å². The molecule has 0 spiro atoms. The predicted molar refractivity (Wildman–Crippen MR) is 81.5 cm³/mol. The molecule has 1 aliphatic rings. The van der Waals surface area contributed by atoms with Crippen LogP contribution >= 0.6 is 0 Å². The number of carboxylic acid groups (broad SMARTS) is 1. The van der Waals surface area contributed by atoms with Gasteiger partial charge in [0.05, 0.1) is 11.8 Å². The van der Waals surface area contributed by atoms with E-state index in [2.05, 4.69) is 0 Å². The molecule has 2 heterocycles. The van der Waals surface area contributed by atoms with E-state index >= 15 is 0 Å². The molecule has 1 amide bonds. The van der Waals surface area contributed by atoms with Gasteiger partial charge in [0.25, 0.3) is 0 Å². The minimum absolute atomic E-state index is 0.0238. The summed E-state index contributed by atoms with van der Waals surface area (Å²) in [4.78, 5) is 25.4. The van der Waals surface area contributed by atoms with E-state index in [-0.39, 0.29) is 18.4 Å². The molecule has 2 aromatic rings. The van der Waals surface area contributed by atoms with Crippen LogP contribution in [0.2, 0.25) is 0 Å². The Morgan fingerprint density at radius 2 is 2.05 bits per heavy atom. The highest BCUT2D eigenvalue weighted by Crippen LogP contribution is 2.30. The van der Waals surface area contributed by atoms with Gasteiger partial charge >= 0.3 is 5.97 Å². The number of hydrogen-bond acceptors (Lipinski definition) is 3. The van der Waals surface area contributed by atoms with Gasteiger partial charge in [0.2, 0.25) is 5.91 Å². The first-order chi connectivity index (χ1) is 10.5. The van der Waals surface area contributed by atoms with E-state index in [1.54, 1.807) is 11.8 Å². The molecule has 3 rings (SSSR count). The largest absolute Gasteiger partial charge is 0.481 e. The van der Waals surface area contributed by atoms with E-state index in [1.165, 1.54) is 0 Å². The number of hydrogen-bond donors (Lipinski definition) is 1. The number of benzene rings is 1. The second-order valence-corrected chi connectivity index (χ2v) is 6.07. The van der Waals surface area contributed by atoms with E-state index in [9.17, 15) is 14.7 Å². The van der Waals surface area contributed by atoms with Crippen molar-refractivity contribution in [2.45, 2.75) is 19.8 Å². The Morgan fingerprint density at radius 3 is 2.68 bits per heavy atom. The fraction of sp³-hybridized carbons (Fsp3) is 0.412. The average molecular weight is 301 g/mol. The van der Waals surface area contributed by atoms with Crippen LogP contribution in [0.3, 0.4) is 0 Å². The maximum atomic E-state index is 12.6. The van der Waals surface area contributed by atoms with Crippen molar-refractivity contribution in [1.29, 1.82) is 0 Å². The molecule has 1 aromatic heterocycles. The monoisotopic (exact) mass is 301 g/mol. The first-order valence-electron chi connectivity index (χ1n) is 7.47. The number of amides is 1. The topological polar surface area (TPSA) is 70.8 Å². The molecule has 1 fully saturated rings. The molecule has 1 saturated heterocycles. The molecular weight excluding hydrogens is 282 g/mol. The van der Waals surface area contributed by atoms with Crippen LogP contribution in [-0.2, 0) is 9.59 Å². The molecule has 1 aliphatic heterocycles. The quantitative estimate of drug-likeness (QED) is 0.946. The maximum absolute atomic E-state index is 12.6. The summed E-state index contributed by atoms with van der Waals surface area (Å²) < 4.78 is 5.75. The summed E-state index contributed by atoms with van der Waals surface area (Å²) in [6.45, 7) is 4.44. The van der Waals surface area contributed by atoms with E-state index in [0.29, 0.717) is 12.3 Å². The standard InChI is InChI=1S/C17H19NO4/c1-10-8-18(9-13(10)17(20)21)16(19)11(2)15-7-12-5-3-4-6-14(12)22-15/h3-7,10-11,13H,8-9H2,1-2H3,(H,20,21)/t10-,11?,13-/m1/s1. The first-order valence-corrected chi connectivity index (χ1v) is 7.47. The molecule has 5 heteroatoms. The lowest BCUT2D eigenvalue weighted by Crippen LogP contribution is -2.33. The third-order valence-electron chi connectivity index (χ3n) is 4.48. The molecule has 1 N–H and O–H groups in total. The highest BCUT2D eigenvalue weighted by molar-refractivity contribution is 5.86. The highest BCUT2D eigenvalue weighted by Gasteiger charge is 2.38. The number of carbonyl (C=O) groups excluding carboxylic acids is 1. The lowest BCUT2D eigenvalue weighted by atomic mass is 9.99. The molecule has 0 radical (unpaired) electrons. The smallest absolute Gasteiger partial charge is 0.308 e. The van der Waals surface area contributed by atoms with Crippen LogP contribution < -0.4 is 0 Å². The first kappa shape index (κ1) is 14.6. The van der Waals surface area contributed by atoms with Crippen molar-refractivity contribution < 1.29 is 19.1 Å². The number of aliphatic carboxylic acids is 1. The molecule has 1 unspecified atom stereocenters. The number of para-hydroxylation sites is 1. The number of fused-ring (bicyclic) bond motifs is 1. The predicted octanol–water partition coefficient (Wildman–Crippen LogP) is 2.72. The Bertz CT molecular complexity index is 687. The number of carbonyl (C=O) groups is 2. The molecule has 5 nitrogen and oxygen atoms in total. The summed E-state index contributed by atoms with van der Waals surface area (Å²) in [5.74, 6) is -1.20. The van der Waals surface area contributed by atoms with Gasteiger partial charge in [0.1, 0.15) is 11.3 Å². The summed E-state index contributed by atoms with van der Waals surface area (Å²) in [6, 6.07) is 9.51. The second-order valence-electron chi connectivity index (χ2n) is 6.07. The molecule has 116 valence electrons. The Hall–Kier alpha value is -2.30. The Labute approximate surface area is 128 Å². The molecule has 0 aliphatic carbocycles. The minimum atomic E-state index is -0.834. The number of rotatable bonds is 3. The molecule has 22 heavy (non-hydrogen) atoms. The maximum Gasteiger partial charge on any atom is 0.308 e. The minimum Gasteiger partial charge on any atom is -0.481 e. The lowest BCUT2D eigenvalue weighted by Gasteiger charge is -2.19. The summed E-state index contributed by atoms with van der Waals surface area (Å²) in [5.41, 5.74) is 0.760. The molecule has 3 atom stereocenters. The van der Waals surface area contributed by atoms with Crippen LogP contribution in [0.1, 0.15) is 25.5 Å². The molecular formula is C17H19NO4. The Morgan fingerprint density at radius 1 is 1.32 bits per heavy atom. The van der Waals surface area contributed by atoms with Gasteiger partial charge in [0.15, 0.2) is 0 Å². The van der Waals surface area contributed by atoms with Crippen molar-refractivity contribution >= 4 is 22.8 Å².